The van der Waals surface area contributed by atoms with Crippen LogP contribution < -0.4 is 10.1 Å². The van der Waals surface area contributed by atoms with Gasteiger partial charge in [-0.1, -0.05) is 0 Å². The fraction of sp³-hybridized carbons (Fsp3) is 0.500. The number of hydrogen-bond donors (Lipinski definition) is 1. The lowest BCUT2D eigenvalue weighted by Gasteiger charge is -2.16. The van der Waals surface area contributed by atoms with Gasteiger partial charge in [0.2, 0.25) is 0 Å². The first-order chi connectivity index (χ1) is 8.50. The maximum atomic E-state index is 13.1. The van der Waals surface area contributed by atoms with Crippen LogP contribution in [0.15, 0.2) is 18.2 Å². The molecule has 1 aromatic carbocycles. The molecule has 0 saturated carbocycles. The molecule has 2 rings (SSSR count). The van der Waals surface area contributed by atoms with Crippen molar-refractivity contribution in [2.24, 2.45) is 0 Å². The molecule has 0 spiro atoms. The number of benzene rings is 1. The van der Waals surface area contributed by atoms with E-state index in [1.165, 1.54) is 12.1 Å². The first-order valence-corrected chi connectivity index (χ1v) is 7.71. The first-order valence-electron chi connectivity index (χ1n) is 5.89. The average molecular weight is 273 g/mol. The molecular formula is C12H16FNO3S. The van der Waals surface area contributed by atoms with Crippen molar-refractivity contribution in [2.75, 3.05) is 23.4 Å². The van der Waals surface area contributed by atoms with Crippen LogP contribution in [0, 0.1) is 5.82 Å². The van der Waals surface area contributed by atoms with Gasteiger partial charge >= 0.3 is 0 Å². The summed E-state index contributed by atoms with van der Waals surface area (Å²) in [7, 11) is -2.93. The van der Waals surface area contributed by atoms with E-state index in [9.17, 15) is 12.8 Å². The third-order valence-corrected chi connectivity index (χ3v) is 4.60. The molecule has 1 saturated heterocycles. The Balaban J connectivity index is 2.14. The molecule has 0 bridgehead atoms. The highest BCUT2D eigenvalue weighted by Crippen LogP contribution is 2.28. The van der Waals surface area contributed by atoms with E-state index in [4.69, 9.17) is 4.74 Å². The van der Waals surface area contributed by atoms with E-state index >= 15 is 0 Å². The molecule has 4 nitrogen and oxygen atoms in total. The van der Waals surface area contributed by atoms with Gasteiger partial charge in [0, 0.05) is 12.1 Å². The predicted molar refractivity (Wildman–Crippen MR) is 68.3 cm³/mol. The summed E-state index contributed by atoms with van der Waals surface area (Å²) in [6.45, 7) is 2.25. The topological polar surface area (TPSA) is 55.4 Å². The zero-order valence-electron chi connectivity index (χ0n) is 10.1. The number of ether oxygens (including phenoxy) is 1. The molecular weight excluding hydrogens is 257 g/mol. The fourth-order valence-electron chi connectivity index (χ4n) is 2.02. The molecule has 1 fully saturated rings. The second-order valence-electron chi connectivity index (χ2n) is 4.32. The highest BCUT2D eigenvalue weighted by atomic mass is 32.2. The van der Waals surface area contributed by atoms with Crippen LogP contribution in [-0.2, 0) is 9.84 Å². The Morgan fingerprint density at radius 2 is 2.28 bits per heavy atom. The van der Waals surface area contributed by atoms with Crippen LogP contribution >= 0.6 is 0 Å². The smallest absolute Gasteiger partial charge is 0.152 e. The van der Waals surface area contributed by atoms with Gasteiger partial charge in [0.15, 0.2) is 9.84 Å². The minimum Gasteiger partial charge on any atom is -0.492 e. The summed E-state index contributed by atoms with van der Waals surface area (Å²) >= 11 is 0. The summed E-state index contributed by atoms with van der Waals surface area (Å²) < 4.78 is 41.2. The highest BCUT2D eigenvalue weighted by Gasteiger charge is 2.28. The van der Waals surface area contributed by atoms with Crippen LogP contribution in [-0.4, -0.2) is 32.6 Å². The van der Waals surface area contributed by atoms with Crippen molar-refractivity contribution in [3.63, 3.8) is 0 Å². The molecule has 0 aliphatic carbocycles. The largest absolute Gasteiger partial charge is 0.492 e. The van der Waals surface area contributed by atoms with E-state index < -0.39 is 9.84 Å². The molecule has 18 heavy (non-hydrogen) atoms. The van der Waals surface area contributed by atoms with Gasteiger partial charge in [-0.25, -0.2) is 12.8 Å². The van der Waals surface area contributed by atoms with Crippen molar-refractivity contribution in [1.29, 1.82) is 0 Å². The lowest BCUT2D eigenvalue weighted by Crippen LogP contribution is -2.21. The van der Waals surface area contributed by atoms with E-state index in [1.54, 1.807) is 6.07 Å². The van der Waals surface area contributed by atoms with E-state index in [0.717, 1.165) is 0 Å². The van der Waals surface area contributed by atoms with Gasteiger partial charge in [-0.2, -0.15) is 0 Å². The molecule has 0 radical (unpaired) electrons. The normalized spacial score (nSPS) is 21.8. The number of sulfone groups is 1. The van der Waals surface area contributed by atoms with Crippen molar-refractivity contribution >= 4 is 15.5 Å². The summed E-state index contributed by atoms with van der Waals surface area (Å²) in [5, 5.41) is 3.11. The molecule has 1 heterocycles. The minimum atomic E-state index is -2.93. The summed E-state index contributed by atoms with van der Waals surface area (Å²) in [5.41, 5.74) is 0.639. The fourth-order valence-corrected chi connectivity index (χ4v) is 3.69. The molecule has 1 N–H and O–H groups in total. The summed E-state index contributed by atoms with van der Waals surface area (Å²) in [6.07, 6.45) is 0.575. The summed E-state index contributed by atoms with van der Waals surface area (Å²) in [6, 6.07) is 4.08. The van der Waals surface area contributed by atoms with Crippen molar-refractivity contribution < 1.29 is 17.5 Å². The van der Waals surface area contributed by atoms with Gasteiger partial charge in [-0.15, -0.1) is 0 Å². The lowest BCUT2D eigenvalue weighted by atomic mass is 10.2. The van der Waals surface area contributed by atoms with E-state index in [2.05, 4.69) is 5.32 Å². The van der Waals surface area contributed by atoms with Crippen LogP contribution in [0.3, 0.4) is 0 Å². The Labute approximate surface area is 106 Å². The van der Waals surface area contributed by atoms with Crippen molar-refractivity contribution in [3.8, 4) is 5.75 Å². The molecule has 1 unspecified atom stereocenters. The lowest BCUT2D eigenvalue weighted by molar-refractivity contribution is 0.339. The van der Waals surface area contributed by atoms with Gasteiger partial charge in [-0.3, -0.25) is 0 Å². The average Bonchev–Trinajstić information content (AvgIpc) is 2.62. The van der Waals surface area contributed by atoms with Crippen molar-refractivity contribution in [2.45, 2.75) is 19.4 Å². The molecule has 6 heteroatoms. The molecule has 1 aliphatic heterocycles. The first kappa shape index (κ1) is 13.1. The zero-order valence-corrected chi connectivity index (χ0v) is 11.0. The van der Waals surface area contributed by atoms with E-state index in [0.29, 0.717) is 24.5 Å². The van der Waals surface area contributed by atoms with Crippen molar-refractivity contribution in [3.05, 3.63) is 24.0 Å². The SMILES string of the molecule is CCOc1cc(F)ccc1NC1CCS(=O)(=O)C1. The second-order valence-corrected chi connectivity index (χ2v) is 6.55. The molecule has 1 atom stereocenters. The monoisotopic (exact) mass is 273 g/mol. The Morgan fingerprint density at radius 3 is 2.89 bits per heavy atom. The standard InChI is InChI=1S/C12H16FNO3S/c1-2-17-12-7-9(13)3-4-11(12)14-10-5-6-18(15,16)8-10/h3-4,7,10,14H,2,5-6,8H2,1H3. The Bertz CT molecular complexity index is 530. The van der Waals surface area contributed by atoms with Crippen molar-refractivity contribution in [1.82, 2.24) is 0 Å². The van der Waals surface area contributed by atoms with Gasteiger partial charge < -0.3 is 10.1 Å². The number of rotatable bonds is 4. The minimum absolute atomic E-state index is 0.121. The highest BCUT2D eigenvalue weighted by molar-refractivity contribution is 7.91. The Kier molecular flexibility index (Phi) is 3.75. The number of hydrogen-bond acceptors (Lipinski definition) is 4. The molecule has 1 aliphatic rings. The van der Waals surface area contributed by atoms with E-state index in [-0.39, 0.29) is 23.4 Å². The molecule has 0 amide bonds. The van der Waals surface area contributed by atoms with Crippen LogP contribution in [0.4, 0.5) is 10.1 Å². The van der Waals surface area contributed by atoms with Crippen LogP contribution in [0.25, 0.3) is 0 Å². The van der Waals surface area contributed by atoms with Crippen LogP contribution in [0.1, 0.15) is 13.3 Å². The molecule has 100 valence electrons. The van der Waals surface area contributed by atoms with Gasteiger partial charge in [0.05, 0.1) is 23.8 Å². The Hall–Kier alpha value is -1.30. The number of anilines is 1. The number of halogens is 1. The third kappa shape index (κ3) is 3.13. The predicted octanol–water partition coefficient (Wildman–Crippen LogP) is 1.82. The van der Waals surface area contributed by atoms with Crippen LogP contribution in [0.5, 0.6) is 5.75 Å². The zero-order chi connectivity index (χ0) is 13.2. The molecule has 0 aromatic heterocycles. The molecule has 1 aromatic rings. The summed E-state index contributed by atoms with van der Waals surface area (Å²) in [5.74, 6) is 0.371. The third-order valence-electron chi connectivity index (χ3n) is 2.84. The maximum Gasteiger partial charge on any atom is 0.152 e. The van der Waals surface area contributed by atoms with Gasteiger partial charge in [-0.05, 0) is 25.5 Å². The van der Waals surface area contributed by atoms with Crippen LogP contribution in [0.2, 0.25) is 0 Å². The number of nitrogens with one attached hydrogen (secondary N) is 1. The Morgan fingerprint density at radius 1 is 1.50 bits per heavy atom. The van der Waals surface area contributed by atoms with Gasteiger partial charge in [0.25, 0.3) is 0 Å². The van der Waals surface area contributed by atoms with Gasteiger partial charge in [0.1, 0.15) is 11.6 Å². The second kappa shape index (κ2) is 5.14. The maximum absolute atomic E-state index is 13.1. The summed E-state index contributed by atoms with van der Waals surface area (Å²) in [4.78, 5) is 0. The quantitative estimate of drug-likeness (QED) is 0.909. The van der Waals surface area contributed by atoms with E-state index in [1.807, 2.05) is 6.92 Å².